The molecule has 0 spiro atoms. The first-order valence-corrected chi connectivity index (χ1v) is 4.81. The largest absolute Gasteiger partial charge is 0.493 e. The molecule has 0 fully saturated rings. The molecular formula is C11H17NO2. The highest BCUT2D eigenvalue weighted by atomic mass is 16.5. The van der Waals surface area contributed by atoms with Gasteiger partial charge in [0, 0.05) is 18.2 Å². The summed E-state index contributed by atoms with van der Waals surface area (Å²) in [6.45, 7) is 4.26. The Kier molecular flexibility index (Phi) is 3.74. The Morgan fingerprint density at radius 1 is 1.36 bits per heavy atom. The maximum absolute atomic E-state index is 5.30. The van der Waals surface area contributed by atoms with Crippen LogP contribution in [0.5, 0.6) is 11.5 Å². The third kappa shape index (κ3) is 1.97. The molecule has 1 heterocycles. The lowest BCUT2D eigenvalue weighted by molar-refractivity contribution is 0.347. The van der Waals surface area contributed by atoms with Gasteiger partial charge in [-0.05, 0) is 6.42 Å². The zero-order chi connectivity index (χ0) is 10.6. The van der Waals surface area contributed by atoms with Crippen LogP contribution in [0.1, 0.15) is 31.9 Å². The fourth-order valence-electron chi connectivity index (χ4n) is 1.36. The van der Waals surface area contributed by atoms with Crippen molar-refractivity contribution >= 4 is 0 Å². The Hall–Kier alpha value is -1.25. The van der Waals surface area contributed by atoms with Gasteiger partial charge in [-0.25, -0.2) is 0 Å². The van der Waals surface area contributed by atoms with E-state index in [0.717, 1.165) is 23.6 Å². The molecule has 0 aliphatic rings. The maximum Gasteiger partial charge on any atom is 0.182 e. The number of aromatic nitrogens is 1. The Labute approximate surface area is 85.1 Å². The van der Waals surface area contributed by atoms with Crippen LogP contribution in [0.4, 0.5) is 0 Å². The molecule has 0 amide bonds. The van der Waals surface area contributed by atoms with E-state index in [2.05, 4.69) is 18.8 Å². The fraction of sp³-hybridized carbons (Fsp3) is 0.545. The minimum atomic E-state index is 0.389. The average molecular weight is 195 g/mol. The highest BCUT2D eigenvalue weighted by Gasteiger charge is 2.15. The maximum atomic E-state index is 5.30. The SMILES string of the molecule is CCC(C)c1nccc(OC)c1OC. The van der Waals surface area contributed by atoms with E-state index in [1.165, 1.54) is 0 Å². The molecule has 0 aliphatic heterocycles. The lowest BCUT2D eigenvalue weighted by Gasteiger charge is -2.15. The second kappa shape index (κ2) is 4.84. The second-order valence-corrected chi connectivity index (χ2v) is 3.24. The molecule has 1 atom stereocenters. The molecule has 3 nitrogen and oxygen atoms in total. The molecule has 0 N–H and O–H groups in total. The van der Waals surface area contributed by atoms with E-state index in [4.69, 9.17) is 9.47 Å². The van der Waals surface area contributed by atoms with Crippen LogP contribution in [0.15, 0.2) is 12.3 Å². The van der Waals surface area contributed by atoms with E-state index in [9.17, 15) is 0 Å². The summed E-state index contributed by atoms with van der Waals surface area (Å²) in [5.74, 6) is 1.89. The molecule has 0 radical (unpaired) electrons. The number of rotatable bonds is 4. The molecule has 1 aromatic rings. The quantitative estimate of drug-likeness (QED) is 0.740. The Bertz CT molecular complexity index is 299. The predicted molar refractivity (Wildman–Crippen MR) is 56.0 cm³/mol. The van der Waals surface area contributed by atoms with E-state index in [1.54, 1.807) is 20.4 Å². The first-order valence-electron chi connectivity index (χ1n) is 4.81. The monoisotopic (exact) mass is 195 g/mol. The third-order valence-electron chi connectivity index (χ3n) is 2.40. The topological polar surface area (TPSA) is 31.4 Å². The minimum Gasteiger partial charge on any atom is -0.493 e. The summed E-state index contributed by atoms with van der Waals surface area (Å²) in [4.78, 5) is 4.32. The summed E-state index contributed by atoms with van der Waals surface area (Å²) in [5, 5.41) is 0. The summed E-state index contributed by atoms with van der Waals surface area (Å²) in [6.07, 6.45) is 2.79. The van der Waals surface area contributed by atoms with Crippen LogP contribution in [-0.2, 0) is 0 Å². The molecule has 1 rings (SSSR count). The molecule has 14 heavy (non-hydrogen) atoms. The van der Waals surface area contributed by atoms with Gasteiger partial charge in [0.05, 0.1) is 19.9 Å². The first-order chi connectivity index (χ1) is 6.74. The van der Waals surface area contributed by atoms with Crippen LogP contribution in [0.25, 0.3) is 0 Å². The summed E-state index contributed by atoms with van der Waals surface area (Å²) in [6, 6.07) is 1.81. The van der Waals surface area contributed by atoms with Crippen LogP contribution in [0.3, 0.4) is 0 Å². The number of hydrogen-bond acceptors (Lipinski definition) is 3. The molecule has 0 aromatic carbocycles. The third-order valence-corrected chi connectivity index (χ3v) is 2.40. The number of ether oxygens (including phenoxy) is 2. The standard InChI is InChI=1S/C11H17NO2/c1-5-8(2)10-11(14-4)9(13-3)6-7-12-10/h6-8H,5H2,1-4H3. The molecule has 78 valence electrons. The highest BCUT2D eigenvalue weighted by Crippen LogP contribution is 2.34. The second-order valence-electron chi connectivity index (χ2n) is 3.24. The van der Waals surface area contributed by atoms with Crippen molar-refractivity contribution in [3.8, 4) is 11.5 Å². The lowest BCUT2D eigenvalue weighted by Crippen LogP contribution is -2.01. The van der Waals surface area contributed by atoms with Crippen LogP contribution >= 0.6 is 0 Å². The molecule has 3 heteroatoms. The van der Waals surface area contributed by atoms with E-state index in [1.807, 2.05) is 6.07 Å². The number of nitrogens with zero attached hydrogens (tertiary/aromatic N) is 1. The van der Waals surface area contributed by atoms with Gasteiger partial charge in [0.1, 0.15) is 0 Å². The van der Waals surface area contributed by atoms with Gasteiger partial charge in [0.2, 0.25) is 0 Å². The van der Waals surface area contributed by atoms with Gasteiger partial charge in [0.25, 0.3) is 0 Å². The van der Waals surface area contributed by atoms with Crippen molar-refractivity contribution in [2.24, 2.45) is 0 Å². The fourth-order valence-corrected chi connectivity index (χ4v) is 1.36. The molecule has 0 saturated carbocycles. The van der Waals surface area contributed by atoms with Crippen molar-refractivity contribution in [2.45, 2.75) is 26.2 Å². The van der Waals surface area contributed by atoms with Crippen LogP contribution in [0, 0.1) is 0 Å². The van der Waals surface area contributed by atoms with Gasteiger partial charge in [-0.15, -0.1) is 0 Å². The zero-order valence-electron chi connectivity index (χ0n) is 9.20. The van der Waals surface area contributed by atoms with Crippen molar-refractivity contribution in [3.05, 3.63) is 18.0 Å². The van der Waals surface area contributed by atoms with E-state index in [0.29, 0.717) is 5.92 Å². The Balaban J connectivity index is 3.14. The molecule has 1 aromatic heterocycles. The van der Waals surface area contributed by atoms with Gasteiger partial charge < -0.3 is 9.47 Å². The van der Waals surface area contributed by atoms with Gasteiger partial charge in [-0.3, -0.25) is 4.98 Å². The smallest absolute Gasteiger partial charge is 0.182 e. The van der Waals surface area contributed by atoms with E-state index >= 15 is 0 Å². The van der Waals surface area contributed by atoms with E-state index < -0.39 is 0 Å². The summed E-state index contributed by atoms with van der Waals surface area (Å²) in [7, 11) is 3.28. The van der Waals surface area contributed by atoms with Gasteiger partial charge in [-0.1, -0.05) is 13.8 Å². The summed E-state index contributed by atoms with van der Waals surface area (Å²) in [5.41, 5.74) is 0.967. The van der Waals surface area contributed by atoms with Crippen molar-refractivity contribution in [3.63, 3.8) is 0 Å². The van der Waals surface area contributed by atoms with Crippen LogP contribution < -0.4 is 9.47 Å². The van der Waals surface area contributed by atoms with Gasteiger partial charge >= 0.3 is 0 Å². The Morgan fingerprint density at radius 3 is 2.57 bits per heavy atom. The number of methoxy groups -OCH3 is 2. The number of pyridine rings is 1. The molecule has 0 aliphatic carbocycles. The molecule has 0 bridgehead atoms. The zero-order valence-corrected chi connectivity index (χ0v) is 9.20. The predicted octanol–water partition coefficient (Wildman–Crippen LogP) is 2.61. The average Bonchev–Trinajstić information content (AvgIpc) is 2.26. The molecule has 0 saturated heterocycles. The molecular weight excluding hydrogens is 178 g/mol. The normalized spacial score (nSPS) is 12.3. The minimum absolute atomic E-state index is 0.389. The molecule has 1 unspecified atom stereocenters. The van der Waals surface area contributed by atoms with Crippen molar-refractivity contribution in [2.75, 3.05) is 14.2 Å². The van der Waals surface area contributed by atoms with Crippen molar-refractivity contribution in [1.29, 1.82) is 0 Å². The van der Waals surface area contributed by atoms with Crippen LogP contribution in [-0.4, -0.2) is 19.2 Å². The van der Waals surface area contributed by atoms with Gasteiger partial charge in [0.15, 0.2) is 11.5 Å². The van der Waals surface area contributed by atoms with Crippen molar-refractivity contribution in [1.82, 2.24) is 4.98 Å². The summed E-state index contributed by atoms with van der Waals surface area (Å²) >= 11 is 0. The van der Waals surface area contributed by atoms with Crippen LogP contribution in [0.2, 0.25) is 0 Å². The summed E-state index contributed by atoms with van der Waals surface area (Å²) < 4.78 is 10.5. The van der Waals surface area contributed by atoms with Gasteiger partial charge in [-0.2, -0.15) is 0 Å². The number of hydrogen-bond donors (Lipinski definition) is 0. The van der Waals surface area contributed by atoms with Crippen molar-refractivity contribution < 1.29 is 9.47 Å². The lowest BCUT2D eigenvalue weighted by atomic mass is 10.0. The first kappa shape index (κ1) is 10.8. The Morgan fingerprint density at radius 2 is 2.07 bits per heavy atom. The highest BCUT2D eigenvalue weighted by molar-refractivity contribution is 5.43. The van der Waals surface area contributed by atoms with E-state index in [-0.39, 0.29) is 0 Å².